The fourth-order valence-electron chi connectivity index (χ4n) is 9.24. The second kappa shape index (κ2) is 14.8. The predicted octanol–water partition coefficient (Wildman–Crippen LogP) is 13.8. The van der Waals surface area contributed by atoms with Gasteiger partial charge in [0.2, 0.25) is 0 Å². The number of nitrogens with zero attached hydrogens (tertiary/aromatic N) is 6. The molecule has 0 amide bonds. The molecule has 1 aliphatic carbocycles. The van der Waals surface area contributed by atoms with Crippen molar-refractivity contribution in [1.82, 2.24) is 24.5 Å². The Kier molecular flexibility index (Phi) is 8.52. The van der Waals surface area contributed by atoms with Gasteiger partial charge < -0.3 is 9.47 Å². The fourth-order valence-corrected chi connectivity index (χ4v) is 9.24. The van der Waals surface area contributed by atoms with E-state index in [9.17, 15) is 0 Å². The molecule has 1 unspecified atom stereocenters. The molecule has 0 saturated carbocycles. The van der Waals surface area contributed by atoms with Gasteiger partial charge in [0.1, 0.15) is 5.69 Å². The molecule has 0 spiro atoms. The number of anilines is 2. The molecule has 3 aromatic heterocycles. The first-order valence-corrected chi connectivity index (χ1v) is 21.1. The standard InChI is InChI=1S/C56H38N6/c1-4-14-38(15-5-1)54-58-55(39-16-6-2-7-17-39)60-56(59-54)49-35-42(32-33-57-49)40-27-31-52-48(34-40)46-21-11-13-23-51(46)61(52)44-28-24-37(25-29-44)41-26-30-47-45-20-10-12-22-50(45)62(53(47)36-41)43-18-8-3-9-19-43/h1-20,22-36,46H,21H2. The van der Waals surface area contributed by atoms with Crippen LogP contribution in [-0.2, 0) is 0 Å². The summed E-state index contributed by atoms with van der Waals surface area (Å²) < 4.78 is 2.38. The van der Waals surface area contributed by atoms with Gasteiger partial charge in [-0.25, -0.2) is 15.0 Å². The van der Waals surface area contributed by atoms with E-state index in [0.717, 1.165) is 40.0 Å². The van der Waals surface area contributed by atoms with Crippen LogP contribution in [0.2, 0.25) is 0 Å². The average molecular weight is 795 g/mol. The van der Waals surface area contributed by atoms with Crippen LogP contribution in [0, 0.1) is 0 Å². The number of fused-ring (bicyclic) bond motifs is 6. The first kappa shape index (κ1) is 35.7. The lowest BCUT2D eigenvalue weighted by molar-refractivity contribution is 0.820. The predicted molar refractivity (Wildman–Crippen MR) is 252 cm³/mol. The SMILES string of the molecule is C1=CCC2C(=C1)N(c1ccc(-c3ccc4c5ccccc5n(-c5ccccc5)c4c3)cc1)c1ccc(-c3ccnc(-c4nc(-c5ccccc5)nc(-c5ccccc5)n4)c3)cc12. The first-order chi connectivity index (χ1) is 30.7. The summed E-state index contributed by atoms with van der Waals surface area (Å²) in [5, 5.41) is 2.51. The normalized spacial score (nSPS) is 14.2. The topological polar surface area (TPSA) is 59.7 Å². The van der Waals surface area contributed by atoms with E-state index in [1.54, 1.807) is 0 Å². The highest BCUT2D eigenvalue weighted by Crippen LogP contribution is 2.51. The van der Waals surface area contributed by atoms with Gasteiger partial charge in [-0.2, -0.15) is 0 Å². The molecule has 0 radical (unpaired) electrons. The summed E-state index contributed by atoms with van der Waals surface area (Å²) in [6, 6.07) is 66.4. The van der Waals surface area contributed by atoms with Gasteiger partial charge in [-0.05, 0) is 101 Å². The Hall–Kier alpha value is -8.22. The summed E-state index contributed by atoms with van der Waals surface area (Å²) in [6.07, 6.45) is 9.55. The molecular formula is C56H38N6. The van der Waals surface area contributed by atoms with E-state index in [4.69, 9.17) is 19.9 Å². The second-order valence-corrected chi connectivity index (χ2v) is 15.9. The van der Waals surface area contributed by atoms with Gasteiger partial charge >= 0.3 is 0 Å². The van der Waals surface area contributed by atoms with Crippen molar-refractivity contribution in [2.75, 3.05) is 4.90 Å². The highest BCUT2D eigenvalue weighted by atomic mass is 15.2. The van der Waals surface area contributed by atoms with Crippen molar-refractivity contribution in [1.29, 1.82) is 0 Å². The number of benzene rings is 7. The molecule has 0 N–H and O–H groups in total. The minimum atomic E-state index is 0.253. The van der Waals surface area contributed by atoms with Crippen molar-refractivity contribution in [3.8, 4) is 62.2 Å². The fraction of sp³-hybridized carbons (Fsp3) is 0.0357. The summed E-state index contributed by atoms with van der Waals surface area (Å²) in [4.78, 5) is 22.0. The van der Waals surface area contributed by atoms with Crippen molar-refractivity contribution < 1.29 is 0 Å². The molecule has 292 valence electrons. The highest BCUT2D eigenvalue weighted by molar-refractivity contribution is 6.10. The third kappa shape index (κ3) is 6.11. The minimum absolute atomic E-state index is 0.253. The van der Waals surface area contributed by atoms with Gasteiger partial charge in [0, 0.05) is 56.8 Å². The van der Waals surface area contributed by atoms with Gasteiger partial charge in [-0.3, -0.25) is 4.98 Å². The number of allylic oxidation sites excluding steroid dienone is 4. The largest absolute Gasteiger partial charge is 0.313 e. The van der Waals surface area contributed by atoms with Crippen molar-refractivity contribution in [2.24, 2.45) is 0 Å². The highest BCUT2D eigenvalue weighted by Gasteiger charge is 2.35. The smallest absolute Gasteiger partial charge is 0.182 e. The minimum Gasteiger partial charge on any atom is -0.313 e. The van der Waals surface area contributed by atoms with Crippen molar-refractivity contribution >= 4 is 33.2 Å². The van der Waals surface area contributed by atoms with Gasteiger partial charge in [-0.15, -0.1) is 0 Å². The van der Waals surface area contributed by atoms with E-state index in [1.807, 2.05) is 66.9 Å². The Bertz CT molecular complexity index is 3310. The number of hydrogen-bond donors (Lipinski definition) is 0. The molecule has 4 heterocycles. The Balaban J connectivity index is 0.890. The Labute approximate surface area is 359 Å². The third-order valence-corrected chi connectivity index (χ3v) is 12.2. The zero-order chi connectivity index (χ0) is 41.0. The van der Waals surface area contributed by atoms with Crippen LogP contribution in [0.15, 0.2) is 218 Å². The quantitative estimate of drug-likeness (QED) is 0.161. The number of rotatable bonds is 7. The lowest BCUT2D eigenvalue weighted by Crippen LogP contribution is -2.14. The maximum Gasteiger partial charge on any atom is 0.182 e. The van der Waals surface area contributed by atoms with E-state index in [0.29, 0.717) is 23.2 Å². The van der Waals surface area contributed by atoms with Gasteiger partial charge in [0.25, 0.3) is 0 Å². The number of para-hydroxylation sites is 2. The third-order valence-electron chi connectivity index (χ3n) is 12.2. The molecule has 0 bridgehead atoms. The van der Waals surface area contributed by atoms with Gasteiger partial charge in [-0.1, -0.05) is 140 Å². The lowest BCUT2D eigenvalue weighted by atomic mass is 9.90. The lowest BCUT2D eigenvalue weighted by Gasteiger charge is -2.24. The van der Waals surface area contributed by atoms with Gasteiger partial charge in [0.15, 0.2) is 17.5 Å². The Morgan fingerprint density at radius 3 is 1.82 bits per heavy atom. The number of pyridine rings is 1. The molecule has 6 nitrogen and oxygen atoms in total. The summed E-state index contributed by atoms with van der Waals surface area (Å²) >= 11 is 0. The zero-order valence-electron chi connectivity index (χ0n) is 33.7. The van der Waals surface area contributed by atoms with Crippen molar-refractivity contribution in [3.63, 3.8) is 0 Å². The zero-order valence-corrected chi connectivity index (χ0v) is 33.7. The van der Waals surface area contributed by atoms with Crippen LogP contribution in [0.25, 0.3) is 84.0 Å². The van der Waals surface area contributed by atoms with E-state index in [1.165, 1.54) is 49.9 Å². The molecule has 10 aromatic rings. The molecule has 1 aliphatic heterocycles. The van der Waals surface area contributed by atoms with Crippen LogP contribution in [0.4, 0.5) is 11.4 Å². The second-order valence-electron chi connectivity index (χ2n) is 15.9. The summed E-state index contributed by atoms with van der Waals surface area (Å²) in [7, 11) is 0. The van der Waals surface area contributed by atoms with Crippen LogP contribution >= 0.6 is 0 Å². The van der Waals surface area contributed by atoms with Crippen molar-refractivity contribution in [2.45, 2.75) is 12.3 Å². The summed E-state index contributed by atoms with van der Waals surface area (Å²) in [6.45, 7) is 0. The van der Waals surface area contributed by atoms with Crippen LogP contribution in [0.1, 0.15) is 17.9 Å². The monoisotopic (exact) mass is 794 g/mol. The van der Waals surface area contributed by atoms with Crippen molar-refractivity contribution in [3.05, 3.63) is 224 Å². The molecule has 7 aromatic carbocycles. The molecule has 0 saturated heterocycles. The molecule has 0 fully saturated rings. The van der Waals surface area contributed by atoms with Gasteiger partial charge in [0.05, 0.1) is 11.0 Å². The maximum atomic E-state index is 4.95. The van der Waals surface area contributed by atoms with Crippen LogP contribution in [-0.4, -0.2) is 24.5 Å². The van der Waals surface area contributed by atoms with E-state index in [-0.39, 0.29) is 5.92 Å². The summed E-state index contributed by atoms with van der Waals surface area (Å²) in [5.41, 5.74) is 15.7. The maximum absolute atomic E-state index is 4.95. The molecule has 6 heteroatoms. The average Bonchev–Trinajstić information content (AvgIpc) is 3.87. The number of hydrogen-bond acceptors (Lipinski definition) is 5. The van der Waals surface area contributed by atoms with Crippen LogP contribution < -0.4 is 4.90 Å². The van der Waals surface area contributed by atoms with E-state index in [2.05, 4.69) is 155 Å². The molecular weight excluding hydrogens is 757 g/mol. The molecule has 2 aliphatic rings. The van der Waals surface area contributed by atoms with Crippen LogP contribution in [0.5, 0.6) is 0 Å². The Morgan fingerprint density at radius 2 is 1.06 bits per heavy atom. The molecule has 1 atom stereocenters. The molecule has 12 rings (SSSR count). The molecule has 62 heavy (non-hydrogen) atoms. The number of aromatic nitrogens is 5. The Morgan fingerprint density at radius 1 is 0.452 bits per heavy atom. The first-order valence-electron chi connectivity index (χ1n) is 21.1. The summed E-state index contributed by atoms with van der Waals surface area (Å²) in [5.74, 6) is 2.02. The van der Waals surface area contributed by atoms with Crippen LogP contribution in [0.3, 0.4) is 0 Å². The van der Waals surface area contributed by atoms with E-state index >= 15 is 0 Å². The van der Waals surface area contributed by atoms with E-state index < -0.39 is 0 Å².